The van der Waals surface area contributed by atoms with E-state index in [0.717, 1.165) is 24.8 Å². The summed E-state index contributed by atoms with van der Waals surface area (Å²) >= 11 is 0. The molecule has 5 nitrogen and oxygen atoms in total. The van der Waals surface area contributed by atoms with Crippen LogP contribution in [0.4, 0.5) is 0 Å². The molecule has 0 amide bonds. The van der Waals surface area contributed by atoms with E-state index in [4.69, 9.17) is 4.74 Å². The number of aliphatic hydroxyl groups excluding tert-OH is 1. The summed E-state index contributed by atoms with van der Waals surface area (Å²) in [5, 5.41) is 20.7. The monoisotopic (exact) mass is 330 g/mol. The number of esters is 1. The Kier molecular flexibility index (Phi) is 2.42. The number of carbonyl (C=O) groups is 2. The van der Waals surface area contributed by atoms with Crippen molar-refractivity contribution in [2.75, 3.05) is 0 Å². The van der Waals surface area contributed by atoms with Crippen LogP contribution in [-0.4, -0.2) is 33.9 Å². The van der Waals surface area contributed by atoms with Gasteiger partial charge in [0.15, 0.2) is 0 Å². The molecule has 8 atom stereocenters. The van der Waals surface area contributed by atoms with Crippen molar-refractivity contribution in [2.45, 2.75) is 44.3 Å². The number of aliphatic carboxylic acids is 1. The van der Waals surface area contributed by atoms with Gasteiger partial charge in [0.2, 0.25) is 0 Å². The zero-order chi connectivity index (χ0) is 17.1. The molecule has 5 rings (SSSR count). The van der Waals surface area contributed by atoms with Crippen LogP contribution in [-0.2, 0) is 14.3 Å². The lowest BCUT2D eigenvalue weighted by Gasteiger charge is -2.42. The van der Waals surface area contributed by atoms with Crippen LogP contribution in [0.5, 0.6) is 0 Å². The Morgan fingerprint density at radius 2 is 2.17 bits per heavy atom. The Morgan fingerprint density at radius 1 is 1.42 bits per heavy atom. The topological polar surface area (TPSA) is 83.8 Å². The maximum atomic E-state index is 12.7. The molecule has 0 aromatic rings. The highest BCUT2D eigenvalue weighted by Gasteiger charge is 2.82. The van der Waals surface area contributed by atoms with Gasteiger partial charge in [0.05, 0.1) is 12.0 Å². The van der Waals surface area contributed by atoms with E-state index in [1.165, 1.54) is 0 Å². The molecule has 0 aromatic heterocycles. The van der Waals surface area contributed by atoms with E-state index >= 15 is 0 Å². The van der Waals surface area contributed by atoms with Crippen molar-refractivity contribution in [3.63, 3.8) is 0 Å². The first-order valence-electron chi connectivity index (χ1n) is 8.79. The summed E-state index contributed by atoms with van der Waals surface area (Å²) in [7, 11) is 0. The van der Waals surface area contributed by atoms with Gasteiger partial charge in [-0.25, -0.2) is 0 Å². The van der Waals surface area contributed by atoms with Crippen LogP contribution in [0.3, 0.4) is 0 Å². The highest BCUT2D eigenvalue weighted by atomic mass is 16.6. The number of hydrogen-bond acceptors (Lipinski definition) is 4. The molecule has 24 heavy (non-hydrogen) atoms. The predicted molar refractivity (Wildman–Crippen MR) is 83.7 cm³/mol. The van der Waals surface area contributed by atoms with E-state index < -0.39 is 46.3 Å². The van der Waals surface area contributed by atoms with Gasteiger partial charge < -0.3 is 14.9 Å². The van der Waals surface area contributed by atoms with E-state index in [-0.39, 0.29) is 5.92 Å². The SMILES string of the molecule is C=C1C[C@]23C[C@H]1CC[C@H]2[C@@]12C=C[C@H](O)C(C)(C(=O)O1)C2C3C(=O)O. The summed E-state index contributed by atoms with van der Waals surface area (Å²) in [5.41, 5.74) is -1.30. The molecular weight excluding hydrogens is 308 g/mol. The maximum absolute atomic E-state index is 12.7. The molecule has 1 spiro atoms. The number of ether oxygens (including phenoxy) is 1. The van der Waals surface area contributed by atoms with Gasteiger partial charge in [-0.3, -0.25) is 9.59 Å². The molecule has 4 fully saturated rings. The summed E-state index contributed by atoms with van der Waals surface area (Å²) in [6.07, 6.45) is 5.83. The molecule has 0 radical (unpaired) electrons. The van der Waals surface area contributed by atoms with Crippen molar-refractivity contribution >= 4 is 11.9 Å². The van der Waals surface area contributed by atoms with Crippen LogP contribution in [0.25, 0.3) is 0 Å². The average Bonchev–Trinajstić information content (AvgIpc) is 2.98. The number of carbonyl (C=O) groups excluding carboxylic acids is 1. The van der Waals surface area contributed by atoms with E-state index in [2.05, 4.69) is 6.58 Å². The first kappa shape index (κ1) is 14.7. The molecule has 0 aromatic carbocycles. The molecule has 1 saturated heterocycles. The molecule has 2 N–H and O–H groups in total. The smallest absolute Gasteiger partial charge is 0.316 e. The lowest BCUT2D eigenvalue weighted by molar-refractivity contribution is -0.161. The Labute approximate surface area is 140 Å². The first-order valence-corrected chi connectivity index (χ1v) is 8.79. The van der Waals surface area contributed by atoms with Gasteiger partial charge in [0, 0.05) is 11.8 Å². The molecule has 1 heterocycles. The molecule has 3 saturated carbocycles. The highest BCUT2D eigenvalue weighted by molar-refractivity contribution is 5.86. The normalized spacial score (nSPS) is 56.8. The number of allylic oxidation sites excluding steroid dienone is 1. The zero-order valence-electron chi connectivity index (χ0n) is 13.7. The summed E-state index contributed by atoms with van der Waals surface area (Å²) in [6.45, 7) is 5.88. The summed E-state index contributed by atoms with van der Waals surface area (Å²) in [4.78, 5) is 25.0. The fraction of sp³-hybridized carbons (Fsp3) is 0.684. The number of aliphatic hydroxyl groups is 1. The molecule has 1 aliphatic heterocycles. The molecule has 3 unspecified atom stereocenters. The fourth-order valence-corrected chi connectivity index (χ4v) is 7.14. The Morgan fingerprint density at radius 3 is 2.88 bits per heavy atom. The van der Waals surface area contributed by atoms with E-state index in [1.54, 1.807) is 13.0 Å². The number of carboxylic acids is 1. The van der Waals surface area contributed by atoms with Gasteiger partial charge in [-0.1, -0.05) is 18.2 Å². The highest BCUT2D eigenvalue weighted by Crippen LogP contribution is 2.76. The second-order valence-corrected chi connectivity index (χ2v) is 8.72. The zero-order valence-corrected chi connectivity index (χ0v) is 13.7. The predicted octanol–water partition coefficient (Wildman–Crippen LogP) is 1.91. The molecule has 128 valence electrons. The molecule has 5 aliphatic rings. The Bertz CT molecular complexity index is 725. The van der Waals surface area contributed by atoms with Crippen LogP contribution >= 0.6 is 0 Å². The third-order valence-corrected chi connectivity index (χ3v) is 8.02. The van der Waals surface area contributed by atoms with Crippen molar-refractivity contribution in [1.82, 2.24) is 0 Å². The van der Waals surface area contributed by atoms with Crippen LogP contribution in [0.15, 0.2) is 24.3 Å². The summed E-state index contributed by atoms with van der Waals surface area (Å²) in [6, 6.07) is 0. The van der Waals surface area contributed by atoms with Gasteiger partial charge in [-0.05, 0) is 50.0 Å². The molecular formula is C19H22O5. The summed E-state index contributed by atoms with van der Waals surface area (Å²) in [5.74, 6) is -2.12. The lowest BCUT2D eigenvalue weighted by atomic mass is 9.61. The van der Waals surface area contributed by atoms with Gasteiger partial charge in [-0.2, -0.15) is 0 Å². The largest absolute Gasteiger partial charge is 0.481 e. The van der Waals surface area contributed by atoms with Crippen molar-refractivity contribution in [3.05, 3.63) is 24.3 Å². The minimum atomic E-state index is -1.18. The standard InChI is InChI=1S/C19H22O5/c1-9-7-18-8-10(9)3-4-11(18)19-6-5-12(20)17(2,16(23)24-19)14(19)13(18)15(21)22/h5-6,10-14,20H,1,3-4,7-8H2,2H3,(H,21,22)/t10-,11-,12+,13?,14?,17?,18+,19-/m1/s1. The fourth-order valence-electron chi connectivity index (χ4n) is 7.14. The first-order chi connectivity index (χ1) is 11.3. The van der Waals surface area contributed by atoms with Crippen LogP contribution in [0, 0.1) is 34.5 Å². The number of rotatable bonds is 1. The van der Waals surface area contributed by atoms with Crippen LogP contribution in [0.2, 0.25) is 0 Å². The van der Waals surface area contributed by atoms with E-state index in [9.17, 15) is 19.8 Å². The number of carboxylic acid groups (broad SMARTS) is 1. The minimum absolute atomic E-state index is 0.00104. The average molecular weight is 330 g/mol. The third kappa shape index (κ3) is 1.25. The third-order valence-electron chi connectivity index (χ3n) is 8.02. The van der Waals surface area contributed by atoms with Crippen molar-refractivity contribution < 1.29 is 24.5 Å². The summed E-state index contributed by atoms with van der Waals surface area (Å²) < 4.78 is 5.92. The quantitative estimate of drug-likeness (QED) is 0.567. The Hall–Kier alpha value is -1.62. The van der Waals surface area contributed by atoms with Crippen molar-refractivity contribution in [3.8, 4) is 0 Å². The number of fused-ring (bicyclic) bond motifs is 1. The second kappa shape index (κ2) is 3.96. The van der Waals surface area contributed by atoms with Gasteiger partial charge in [0.25, 0.3) is 0 Å². The lowest BCUT2D eigenvalue weighted by Crippen LogP contribution is -2.50. The molecule has 4 aliphatic carbocycles. The van der Waals surface area contributed by atoms with Gasteiger partial charge in [0.1, 0.15) is 11.0 Å². The van der Waals surface area contributed by atoms with E-state index in [1.807, 2.05) is 6.08 Å². The Balaban J connectivity index is 1.78. The van der Waals surface area contributed by atoms with E-state index in [0.29, 0.717) is 12.3 Å². The minimum Gasteiger partial charge on any atom is -0.481 e. The number of hydrogen-bond donors (Lipinski definition) is 2. The van der Waals surface area contributed by atoms with Gasteiger partial charge >= 0.3 is 11.9 Å². The molecule has 4 bridgehead atoms. The van der Waals surface area contributed by atoms with Crippen LogP contribution < -0.4 is 0 Å². The van der Waals surface area contributed by atoms with Gasteiger partial charge in [-0.15, -0.1) is 0 Å². The van der Waals surface area contributed by atoms with Crippen molar-refractivity contribution in [2.24, 2.45) is 34.5 Å². The van der Waals surface area contributed by atoms with Crippen LogP contribution in [0.1, 0.15) is 32.6 Å². The maximum Gasteiger partial charge on any atom is 0.316 e. The van der Waals surface area contributed by atoms with Crippen molar-refractivity contribution in [1.29, 1.82) is 0 Å². The molecule has 5 heteroatoms. The second-order valence-electron chi connectivity index (χ2n) is 8.72.